The number of rotatable bonds is 5. The second-order valence-corrected chi connectivity index (χ2v) is 6.47. The van der Waals surface area contributed by atoms with Crippen LogP contribution < -0.4 is 4.74 Å². The molecule has 136 valence electrons. The maximum absolute atomic E-state index is 12.7. The third kappa shape index (κ3) is 4.31. The van der Waals surface area contributed by atoms with E-state index in [-0.39, 0.29) is 24.5 Å². The number of ether oxygens (including phenoxy) is 2. The molecule has 6 nitrogen and oxygen atoms in total. The van der Waals surface area contributed by atoms with Crippen LogP contribution >= 0.6 is 0 Å². The highest BCUT2D eigenvalue weighted by atomic mass is 16.5. The number of carbonyl (C=O) groups excluding carboxylic acids is 2. The SMILES string of the molecule is CCc1ccc(OCC(=O)N2CCCC2C(=O)N2CCOCC2)cc1. The van der Waals surface area contributed by atoms with Gasteiger partial charge in [0.1, 0.15) is 11.8 Å². The van der Waals surface area contributed by atoms with Crippen LogP contribution in [0.2, 0.25) is 0 Å². The molecule has 2 amide bonds. The minimum Gasteiger partial charge on any atom is -0.484 e. The first kappa shape index (κ1) is 17.7. The largest absolute Gasteiger partial charge is 0.484 e. The number of likely N-dealkylation sites (tertiary alicyclic amines) is 1. The van der Waals surface area contributed by atoms with Crippen LogP contribution in [0.3, 0.4) is 0 Å². The summed E-state index contributed by atoms with van der Waals surface area (Å²) in [4.78, 5) is 28.7. The van der Waals surface area contributed by atoms with Crippen molar-refractivity contribution in [3.8, 4) is 5.75 Å². The number of nitrogens with zero attached hydrogens (tertiary/aromatic N) is 2. The third-order valence-electron chi connectivity index (χ3n) is 4.87. The van der Waals surface area contributed by atoms with Gasteiger partial charge in [0.15, 0.2) is 6.61 Å². The van der Waals surface area contributed by atoms with E-state index in [2.05, 4.69) is 6.92 Å². The Kier molecular flexibility index (Phi) is 5.91. The highest BCUT2D eigenvalue weighted by Crippen LogP contribution is 2.21. The Hall–Kier alpha value is -2.08. The molecule has 0 aliphatic carbocycles. The lowest BCUT2D eigenvalue weighted by Gasteiger charge is -2.32. The third-order valence-corrected chi connectivity index (χ3v) is 4.87. The van der Waals surface area contributed by atoms with Gasteiger partial charge < -0.3 is 19.3 Å². The van der Waals surface area contributed by atoms with E-state index < -0.39 is 0 Å². The molecule has 3 rings (SSSR count). The molecule has 2 fully saturated rings. The van der Waals surface area contributed by atoms with E-state index in [1.807, 2.05) is 29.2 Å². The average molecular weight is 346 g/mol. The Balaban J connectivity index is 1.55. The second-order valence-electron chi connectivity index (χ2n) is 6.47. The van der Waals surface area contributed by atoms with E-state index in [4.69, 9.17) is 9.47 Å². The minimum absolute atomic E-state index is 0.0294. The van der Waals surface area contributed by atoms with E-state index in [9.17, 15) is 9.59 Å². The Labute approximate surface area is 148 Å². The summed E-state index contributed by atoms with van der Waals surface area (Å²) in [5.74, 6) is 0.603. The summed E-state index contributed by atoms with van der Waals surface area (Å²) < 4.78 is 10.9. The van der Waals surface area contributed by atoms with Gasteiger partial charge in [-0.1, -0.05) is 19.1 Å². The van der Waals surface area contributed by atoms with Gasteiger partial charge in [-0.05, 0) is 37.0 Å². The van der Waals surface area contributed by atoms with E-state index in [0.29, 0.717) is 38.6 Å². The summed E-state index contributed by atoms with van der Waals surface area (Å²) in [7, 11) is 0. The summed E-state index contributed by atoms with van der Waals surface area (Å²) in [6, 6.07) is 7.41. The van der Waals surface area contributed by atoms with Gasteiger partial charge in [0.05, 0.1) is 13.2 Å². The molecular weight excluding hydrogens is 320 g/mol. The number of hydrogen-bond donors (Lipinski definition) is 0. The Morgan fingerprint density at radius 3 is 2.56 bits per heavy atom. The topological polar surface area (TPSA) is 59.1 Å². The number of benzene rings is 1. The van der Waals surface area contributed by atoms with Crippen molar-refractivity contribution in [2.24, 2.45) is 0 Å². The first-order chi connectivity index (χ1) is 12.2. The van der Waals surface area contributed by atoms with Gasteiger partial charge in [-0.3, -0.25) is 9.59 Å². The number of amides is 2. The zero-order valence-electron chi connectivity index (χ0n) is 14.8. The maximum atomic E-state index is 12.7. The van der Waals surface area contributed by atoms with Crippen molar-refractivity contribution in [1.29, 1.82) is 0 Å². The summed E-state index contributed by atoms with van der Waals surface area (Å²) in [6.07, 6.45) is 2.56. The van der Waals surface area contributed by atoms with Crippen molar-refractivity contribution >= 4 is 11.8 Å². The molecule has 6 heteroatoms. The lowest BCUT2D eigenvalue weighted by Crippen LogP contribution is -2.51. The first-order valence-corrected chi connectivity index (χ1v) is 9.06. The molecule has 0 saturated carbocycles. The summed E-state index contributed by atoms with van der Waals surface area (Å²) in [6.45, 7) is 5.05. The number of morpholine rings is 1. The molecule has 1 atom stereocenters. The zero-order chi connectivity index (χ0) is 17.6. The molecule has 1 aromatic rings. The van der Waals surface area contributed by atoms with E-state index in [0.717, 1.165) is 19.3 Å². The van der Waals surface area contributed by atoms with Crippen molar-refractivity contribution in [1.82, 2.24) is 9.80 Å². The van der Waals surface area contributed by atoms with Gasteiger partial charge >= 0.3 is 0 Å². The summed E-state index contributed by atoms with van der Waals surface area (Å²) in [5.41, 5.74) is 1.23. The fraction of sp³-hybridized carbons (Fsp3) is 0.579. The second kappa shape index (κ2) is 8.34. The van der Waals surface area contributed by atoms with Crippen molar-refractivity contribution in [2.45, 2.75) is 32.2 Å². The number of carbonyl (C=O) groups is 2. The van der Waals surface area contributed by atoms with Gasteiger partial charge in [-0.25, -0.2) is 0 Å². The molecule has 1 aromatic carbocycles. The van der Waals surface area contributed by atoms with Crippen LogP contribution in [-0.2, 0) is 20.7 Å². The molecule has 0 radical (unpaired) electrons. The monoisotopic (exact) mass is 346 g/mol. The fourth-order valence-corrected chi connectivity index (χ4v) is 3.37. The molecule has 0 N–H and O–H groups in total. The van der Waals surface area contributed by atoms with Crippen LogP contribution in [0, 0.1) is 0 Å². The predicted molar refractivity (Wildman–Crippen MR) is 93.4 cm³/mol. The molecule has 2 aliphatic rings. The molecule has 25 heavy (non-hydrogen) atoms. The Bertz CT molecular complexity index is 596. The van der Waals surface area contributed by atoms with E-state index in [1.165, 1.54) is 5.56 Å². The first-order valence-electron chi connectivity index (χ1n) is 9.06. The van der Waals surface area contributed by atoms with E-state index >= 15 is 0 Å². The Morgan fingerprint density at radius 2 is 1.88 bits per heavy atom. The van der Waals surface area contributed by atoms with Crippen molar-refractivity contribution in [3.05, 3.63) is 29.8 Å². The van der Waals surface area contributed by atoms with Gasteiger partial charge in [0.25, 0.3) is 5.91 Å². The normalized spacial score (nSPS) is 20.6. The smallest absolute Gasteiger partial charge is 0.261 e. The van der Waals surface area contributed by atoms with Crippen molar-refractivity contribution in [3.63, 3.8) is 0 Å². The number of aryl methyl sites for hydroxylation is 1. The Morgan fingerprint density at radius 1 is 1.16 bits per heavy atom. The van der Waals surface area contributed by atoms with E-state index in [1.54, 1.807) is 4.90 Å². The summed E-state index contributed by atoms with van der Waals surface area (Å²) >= 11 is 0. The highest BCUT2D eigenvalue weighted by molar-refractivity contribution is 5.88. The molecule has 0 spiro atoms. The average Bonchev–Trinajstić information content (AvgIpc) is 3.16. The molecule has 1 unspecified atom stereocenters. The highest BCUT2D eigenvalue weighted by Gasteiger charge is 2.36. The van der Waals surface area contributed by atoms with Crippen LogP contribution in [-0.4, -0.2) is 67.1 Å². The molecule has 0 aromatic heterocycles. The fourth-order valence-electron chi connectivity index (χ4n) is 3.37. The van der Waals surface area contributed by atoms with Crippen LogP contribution in [0.1, 0.15) is 25.3 Å². The lowest BCUT2D eigenvalue weighted by molar-refractivity contribution is -0.147. The molecule has 2 saturated heterocycles. The molecule has 0 bridgehead atoms. The minimum atomic E-state index is -0.350. The van der Waals surface area contributed by atoms with Crippen molar-refractivity contribution < 1.29 is 19.1 Å². The van der Waals surface area contributed by atoms with Gasteiger partial charge in [0.2, 0.25) is 5.91 Å². The lowest BCUT2D eigenvalue weighted by atomic mass is 10.2. The van der Waals surface area contributed by atoms with Gasteiger partial charge in [0, 0.05) is 19.6 Å². The van der Waals surface area contributed by atoms with Crippen LogP contribution in [0.5, 0.6) is 5.75 Å². The van der Waals surface area contributed by atoms with Crippen LogP contribution in [0.25, 0.3) is 0 Å². The van der Waals surface area contributed by atoms with Crippen LogP contribution in [0.4, 0.5) is 0 Å². The molecule has 2 aliphatic heterocycles. The molecule has 2 heterocycles. The quantitative estimate of drug-likeness (QED) is 0.810. The van der Waals surface area contributed by atoms with Gasteiger partial charge in [-0.2, -0.15) is 0 Å². The number of hydrogen-bond acceptors (Lipinski definition) is 4. The molecular formula is C19H26N2O4. The zero-order valence-corrected chi connectivity index (χ0v) is 14.8. The van der Waals surface area contributed by atoms with Crippen LogP contribution in [0.15, 0.2) is 24.3 Å². The van der Waals surface area contributed by atoms with Crippen molar-refractivity contribution in [2.75, 3.05) is 39.5 Å². The summed E-state index contributed by atoms with van der Waals surface area (Å²) in [5, 5.41) is 0. The standard InChI is InChI=1S/C19H26N2O4/c1-2-15-5-7-16(8-6-15)25-14-18(22)21-9-3-4-17(21)19(23)20-10-12-24-13-11-20/h5-8,17H,2-4,9-14H2,1H3. The maximum Gasteiger partial charge on any atom is 0.261 e. The predicted octanol–water partition coefficient (Wildman–Crippen LogP) is 1.48. The van der Waals surface area contributed by atoms with Gasteiger partial charge in [-0.15, -0.1) is 0 Å².